The normalized spacial score (nSPS) is 30.2. The van der Waals surface area contributed by atoms with Crippen LogP contribution in [-0.4, -0.2) is 48.8 Å². The molecule has 4 nitrogen and oxygen atoms in total. The molecule has 1 saturated carbocycles. The summed E-state index contributed by atoms with van der Waals surface area (Å²) in [4.78, 5) is 14.1. The Kier molecular flexibility index (Phi) is 4.85. The van der Waals surface area contributed by atoms with Gasteiger partial charge in [0.1, 0.15) is 0 Å². The quantitative estimate of drug-likeness (QED) is 0.771. The van der Waals surface area contributed by atoms with E-state index in [0.29, 0.717) is 12.6 Å². The van der Waals surface area contributed by atoms with Crippen molar-refractivity contribution in [2.75, 3.05) is 26.8 Å². The van der Waals surface area contributed by atoms with Crippen molar-refractivity contribution in [3.05, 3.63) is 0 Å². The highest BCUT2D eigenvalue weighted by atomic mass is 16.5. The molecule has 1 aliphatic heterocycles. The number of methoxy groups -OCH3 is 1. The molecule has 0 spiro atoms. The fraction of sp³-hybridized carbons (Fsp3) is 0.933. The minimum Gasteiger partial charge on any atom is -0.481 e. The number of rotatable bonds is 7. The third kappa shape index (κ3) is 3.29. The van der Waals surface area contributed by atoms with E-state index in [-0.39, 0.29) is 0 Å². The van der Waals surface area contributed by atoms with Gasteiger partial charge in [0.2, 0.25) is 0 Å². The van der Waals surface area contributed by atoms with Crippen LogP contribution in [-0.2, 0) is 9.53 Å². The predicted molar refractivity (Wildman–Crippen MR) is 74.2 cm³/mol. The summed E-state index contributed by atoms with van der Waals surface area (Å²) in [7, 11) is 1.75. The third-order valence-corrected chi connectivity index (χ3v) is 4.76. The lowest BCUT2D eigenvalue weighted by Gasteiger charge is -2.43. The maximum atomic E-state index is 11.7. The van der Waals surface area contributed by atoms with Crippen LogP contribution in [0.25, 0.3) is 0 Å². The zero-order chi connectivity index (χ0) is 13.9. The maximum Gasteiger partial charge on any atom is 0.310 e. The van der Waals surface area contributed by atoms with Crippen LogP contribution in [0.5, 0.6) is 0 Å². The average molecular weight is 269 g/mol. The second kappa shape index (κ2) is 6.23. The van der Waals surface area contributed by atoms with Crippen molar-refractivity contribution in [3.63, 3.8) is 0 Å². The number of carboxylic acids is 1. The molecule has 2 fully saturated rings. The molecule has 2 aliphatic rings. The van der Waals surface area contributed by atoms with Gasteiger partial charge in [-0.2, -0.15) is 0 Å². The van der Waals surface area contributed by atoms with Crippen molar-refractivity contribution in [2.45, 2.75) is 51.5 Å². The Labute approximate surface area is 116 Å². The molecule has 2 unspecified atom stereocenters. The van der Waals surface area contributed by atoms with Gasteiger partial charge in [-0.3, -0.25) is 9.69 Å². The Balaban J connectivity index is 2.07. The van der Waals surface area contributed by atoms with Crippen LogP contribution < -0.4 is 0 Å². The Morgan fingerprint density at radius 2 is 2.26 bits per heavy atom. The van der Waals surface area contributed by atoms with Gasteiger partial charge in [-0.05, 0) is 44.6 Å². The molecule has 2 atom stereocenters. The van der Waals surface area contributed by atoms with Crippen LogP contribution in [0.4, 0.5) is 0 Å². The molecule has 0 bridgehead atoms. The first-order chi connectivity index (χ1) is 9.13. The molecule has 1 heterocycles. The van der Waals surface area contributed by atoms with E-state index in [2.05, 4.69) is 11.8 Å². The third-order valence-electron chi connectivity index (χ3n) is 4.76. The van der Waals surface area contributed by atoms with Crippen LogP contribution in [0.1, 0.15) is 45.4 Å². The first kappa shape index (κ1) is 14.8. The summed E-state index contributed by atoms with van der Waals surface area (Å²) in [6.45, 7) is 4.56. The summed E-state index contributed by atoms with van der Waals surface area (Å²) in [5.74, 6) is 0.122. The lowest BCUT2D eigenvalue weighted by Crippen LogP contribution is -2.53. The molecule has 0 radical (unpaired) electrons. The van der Waals surface area contributed by atoms with Crippen LogP contribution in [0, 0.1) is 11.3 Å². The monoisotopic (exact) mass is 269 g/mol. The molecule has 1 aliphatic carbocycles. The van der Waals surface area contributed by atoms with Crippen LogP contribution in [0.15, 0.2) is 0 Å². The van der Waals surface area contributed by atoms with Crippen molar-refractivity contribution in [2.24, 2.45) is 11.3 Å². The van der Waals surface area contributed by atoms with Gasteiger partial charge in [0, 0.05) is 19.7 Å². The fourth-order valence-electron chi connectivity index (χ4n) is 3.61. The molecular weight excluding hydrogens is 242 g/mol. The highest BCUT2D eigenvalue weighted by Gasteiger charge is 2.45. The lowest BCUT2D eigenvalue weighted by atomic mass is 9.76. The zero-order valence-corrected chi connectivity index (χ0v) is 12.2. The van der Waals surface area contributed by atoms with Gasteiger partial charge in [0.05, 0.1) is 12.0 Å². The number of aliphatic carboxylic acids is 1. The van der Waals surface area contributed by atoms with Crippen molar-refractivity contribution >= 4 is 5.97 Å². The molecule has 1 saturated heterocycles. The van der Waals surface area contributed by atoms with Crippen LogP contribution in [0.2, 0.25) is 0 Å². The van der Waals surface area contributed by atoms with E-state index in [4.69, 9.17) is 4.74 Å². The number of nitrogens with zero attached hydrogens (tertiary/aromatic N) is 1. The van der Waals surface area contributed by atoms with Crippen molar-refractivity contribution in [1.82, 2.24) is 4.90 Å². The molecule has 110 valence electrons. The Bertz CT molecular complexity index is 313. The fourth-order valence-corrected chi connectivity index (χ4v) is 3.61. The summed E-state index contributed by atoms with van der Waals surface area (Å²) in [6.07, 6.45) is 6.12. The van der Waals surface area contributed by atoms with Crippen molar-refractivity contribution in [3.8, 4) is 0 Å². The Morgan fingerprint density at radius 3 is 2.79 bits per heavy atom. The van der Waals surface area contributed by atoms with E-state index in [1.54, 1.807) is 7.11 Å². The summed E-state index contributed by atoms with van der Waals surface area (Å²) in [5, 5.41) is 9.65. The SMILES string of the molecule is CCCC1(C(=O)O)CCCN(C(COC)C2CC2)C1. The summed E-state index contributed by atoms with van der Waals surface area (Å²) >= 11 is 0. The van der Waals surface area contributed by atoms with E-state index in [1.165, 1.54) is 12.8 Å². The lowest BCUT2D eigenvalue weighted by molar-refractivity contribution is -0.154. The van der Waals surface area contributed by atoms with E-state index in [9.17, 15) is 9.90 Å². The summed E-state index contributed by atoms with van der Waals surface area (Å²) < 4.78 is 5.36. The van der Waals surface area contributed by atoms with Gasteiger partial charge in [-0.15, -0.1) is 0 Å². The topological polar surface area (TPSA) is 49.8 Å². The van der Waals surface area contributed by atoms with E-state index >= 15 is 0 Å². The van der Waals surface area contributed by atoms with E-state index < -0.39 is 11.4 Å². The highest BCUT2D eigenvalue weighted by Crippen LogP contribution is 2.41. The van der Waals surface area contributed by atoms with Gasteiger partial charge in [-0.25, -0.2) is 0 Å². The number of piperidine rings is 1. The van der Waals surface area contributed by atoms with Gasteiger partial charge in [0.25, 0.3) is 0 Å². The highest BCUT2D eigenvalue weighted by molar-refractivity contribution is 5.75. The second-order valence-electron chi connectivity index (χ2n) is 6.27. The molecule has 1 N–H and O–H groups in total. The zero-order valence-electron chi connectivity index (χ0n) is 12.2. The van der Waals surface area contributed by atoms with E-state index in [0.717, 1.165) is 44.8 Å². The van der Waals surface area contributed by atoms with Gasteiger partial charge < -0.3 is 9.84 Å². The maximum absolute atomic E-state index is 11.7. The molecule has 19 heavy (non-hydrogen) atoms. The molecular formula is C15H27NO3. The Hall–Kier alpha value is -0.610. The Morgan fingerprint density at radius 1 is 1.53 bits per heavy atom. The number of carboxylic acid groups (broad SMARTS) is 1. The smallest absolute Gasteiger partial charge is 0.310 e. The molecule has 0 aromatic rings. The first-order valence-corrected chi connectivity index (χ1v) is 7.59. The molecule has 0 aromatic carbocycles. The number of carbonyl (C=O) groups is 1. The number of hydrogen-bond acceptors (Lipinski definition) is 3. The number of hydrogen-bond donors (Lipinski definition) is 1. The summed E-state index contributed by atoms with van der Waals surface area (Å²) in [6, 6.07) is 0.431. The average Bonchev–Trinajstić information content (AvgIpc) is 3.20. The standard InChI is InChI=1S/C15H27NO3/c1-3-7-15(14(17)18)8-4-9-16(11-15)13(10-19-2)12-5-6-12/h12-13H,3-11H2,1-2H3,(H,17,18). The minimum absolute atomic E-state index is 0.431. The van der Waals surface area contributed by atoms with Crippen molar-refractivity contribution in [1.29, 1.82) is 0 Å². The van der Waals surface area contributed by atoms with E-state index in [1.807, 2.05) is 0 Å². The minimum atomic E-state index is -0.606. The molecule has 4 heteroatoms. The van der Waals surface area contributed by atoms with Crippen LogP contribution in [0.3, 0.4) is 0 Å². The second-order valence-corrected chi connectivity index (χ2v) is 6.27. The molecule has 2 rings (SSSR count). The van der Waals surface area contributed by atoms with Gasteiger partial charge in [-0.1, -0.05) is 13.3 Å². The molecule has 0 amide bonds. The van der Waals surface area contributed by atoms with Crippen LogP contribution >= 0.6 is 0 Å². The molecule has 0 aromatic heterocycles. The summed E-state index contributed by atoms with van der Waals surface area (Å²) in [5.41, 5.74) is -0.520. The largest absolute Gasteiger partial charge is 0.481 e. The van der Waals surface area contributed by atoms with Crippen molar-refractivity contribution < 1.29 is 14.6 Å². The van der Waals surface area contributed by atoms with Gasteiger partial charge in [0.15, 0.2) is 0 Å². The van der Waals surface area contributed by atoms with Gasteiger partial charge >= 0.3 is 5.97 Å². The number of ether oxygens (including phenoxy) is 1. The number of likely N-dealkylation sites (tertiary alicyclic amines) is 1. The predicted octanol–water partition coefficient (Wildman–Crippen LogP) is 2.38. The first-order valence-electron chi connectivity index (χ1n) is 7.59.